The van der Waals surface area contributed by atoms with E-state index in [0.29, 0.717) is 18.4 Å². The van der Waals surface area contributed by atoms with Crippen molar-refractivity contribution in [2.24, 2.45) is 5.92 Å². The summed E-state index contributed by atoms with van der Waals surface area (Å²) in [7, 11) is 1.53. The first-order valence-corrected chi connectivity index (χ1v) is 9.12. The van der Waals surface area contributed by atoms with E-state index in [2.05, 4.69) is 20.4 Å². The number of carbonyl (C=O) groups excluding carboxylic acids is 2. The molecule has 2 aliphatic heterocycles. The van der Waals surface area contributed by atoms with E-state index in [1.165, 1.54) is 18.4 Å². The first-order valence-electron chi connectivity index (χ1n) is 9.12. The average molecular weight is 347 g/mol. The number of nitrogens with zero attached hydrogens (tertiary/aromatic N) is 4. The smallest absolute Gasteiger partial charge is 0.324 e. The molecule has 2 saturated heterocycles. The van der Waals surface area contributed by atoms with E-state index < -0.39 is 5.54 Å². The molecule has 3 aliphatic rings. The summed E-state index contributed by atoms with van der Waals surface area (Å²) in [4.78, 5) is 27.8. The normalized spacial score (nSPS) is 31.3. The molecule has 8 heteroatoms. The Morgan fingerprint density at radius 1 is 1.24 bits per heavy atom. The summed E-state index contributed by atoms with van der Waals surface area (Å²) < 4.78 is 5.82. The monoisotopic (exact) mass is 347 g/mol. The topological polar surface area (TPSA) is 91.6 Å². The molecular weight excluding hydrogens is 322 g/mol. The van der Waals surface area contributed by atoms with Crippen LogP contribution in [-0.2, 0) is 11.3 Å². The van der Waals surface area contributed by atoms with E-state index in [4.69, 9.17) is 4.42 Å². The van der Waals surface area contributed by atoms with Gasteiger partial charge in [0.25, 0.3) is 5.91 Å². The first kappa shape index (κ1) is 16.5. The minimum absolute atomic E-state index is 0.0803. The molecule has 1 aromatic rings. The van der Waals surface area contributed by atoms with E-state index in [-0.39, 0.29) is 17.9 Å². The molecule has 1 aromatic heterocycles. The van der Waals surface area contributed by atoms with Gasteiger partial charge in [0.05, 0.1) is 6.54 Å². The van der Waals surface area contributed by atoms with Gasteiger partial charge in [-0.05, 0) is 39.2 Å². The summed E-state index contributed by atoms with van der Waals surface area (Å²) in [5.74, 6) is 1.79. The lowest BCUT2D eigenvalue weighted by Gasteiger charge is -2.39. The van der Waals surface area contributed by atoms with E-state index in [1.54, 1.807) is 0 Å². The maximum atomic E-state index is 12.5. The van der Waals surface area contributed by atoms with Crippen molar-refractivity contribution in [3.63, 3.8) is 0 Å². The SMILES string of the molecule is CN1C(=O)N[C@](C)([C@@H]2CCCN(Cc3nnc(C4CCC4)o3)C2)C1=O. The number of piperidine rings is 1. The van der Waals surface area contributed by atoms with Crippen molar-refractivity contribution < 1.29 is 14.0 Å². The van der Waals surface area contributed by atoms with Crippen molar-refractivity contribution in [2.75, 3.05) is 20.1 Å². The van der Waals surface area contributed by atoms with Crippen LogP contribution in [0.1, 0.15) is 56.7 Å². The van der Waals surface area contributed by atoms with Gasteiger partial charge in [-0.3, -0.25) is 14.6 Å². The Hall–Kier alpha value is -1.96. The number of hydrogen-bond acceptors (Lipinski definition) is 6. The summed E-state index contributed by atoms with van der Waals surface area (Å²) in [6.07, 6.45) is 5.42. The van der Waals surface area contributed by atoms with E-state index >= 15 is 0 Å². The lowest BCUT2D eigenvalue weighted by Crippen LogP contribution is -2.55. The molecule has 1 saturated carbocycles. The number of nitrogens with one attached hydrogen (secondary N) is 1. The van der Waals surface area contributed by atoms with Gasteiger partial charge in [0.15, 0.2) is 0 Å². The van der Waals surface area contributed by atoms with E-state index in [0.717, 1.165) is 44.7 Å². The third-order valence-corrected chi connectivity index (χ3v) is 6.04. The Bertz CT molecular complexity index is 686. The number of likely N-dealkylation sites (N-methyl/N-ethyl adjacent to an activating group) is 1. The standard InChI is InChI=1S/C17H25N5O3/c1-17(15(23)21(2)16(24)18-17)12-7-4-8-22(9-12)10-13-19-20-14(25-13)11-5-3-6-11/h11-12H,3-10H2,1-2H3,(H,18,24)/t12-,17-/m1/s1. The average Bonchev–Trinajstić information content (AvgIpc) is 3.06. The van der Waals surface area contributed by atoms with Gasteiger partial charge >= 0.3 is 6.03 Å². The number of likely N-dealkylation sites (tertiary alicyclic amines) is 1. The maximum Gasteiger partial charge on any atom is 0.324 e. The molecule has 0 bridgehead atoms. The van der Waals surface area contributed by atoms with E-state index in [9.17, 15) is 9.59 Å². The zero-order valence-electron chi connectivity index (χ0n) is 14.8. The summed E-state index contributed by atoms with van der Waals surface area (Å²) in [5, 5.41) is 11.3. The third kappa shape index (κ3) is 2.82. The van der Waals surface area contributed by atoms with Gasteiger partial charge in [0.1, 0.15) is 5.54 Å². The molecule has 3 amide bonds. The molecule has 3 fully saturated rings. The lowest BCUT2D eigenvalue weighted by atomic mass is 9.80. The Labute approximate surface area is 146 Å². The number of amides is 3. The summed E-state index contributed by atoms with van der Waals surface area (Å²) in [5.41, 5.74) is -0.823. The predicted octanol–water partition coefficient (Wildman–Crippen LogP) is 1.49. The summed E-state index contributed by atoms with van der Waals surface area (Å²) in [6.45, 7) is 4.11. The van der Waals surface area contributed by atoms with Gasteiger partial charge in [-0.15, -0.1) is 10.2 Å². The molecule has 1 N–H and O–H groups in total. The van der Waals surface area contributed by atoms with Crippen LogP contribution in [0.3, 0.4) is 0 Å². The highest BCUT2D eigenvalue weighted by atomic mass is 16.4. The molecule has 0 unspecified atom stereocenters. The van der Waals surface area contributed by atoms with Crippen molar-refractivity contribution in [1.82, 2.24) is 25.3 Å². The van der Waals surface area contributed by atoms with Gasteiger partial charge in [-0.1, -0.05) is 6.42 Å². The number of aromatic nitrogens is 2. The number of hydrogen-bond donors (Lipinski definition) is 1. The summed E-state index contributed by atoms with van der Waals surface area (Å²) in [6, 6.07) is -0.313. The molecule has 1 aliphatic carbocycles. The van der Waals surface area contributed by atoms with Crippen LogP contribution in [0.4, 0.5) is 4.79 Å². The third-order valence-electron chi connectivity index (χ3n) is 6.04. The molecule has 2 atom stereocenters. The van der Waals surface area contributed by atoms with Crippen LogP contribution in [0.2, 0.25) is 0 Å². The van der Waals surface area contributed by atoms with Crippen LogP contribution in [-0.4, -0.2) is 57.6 Å². The fraction of sp³-hybridized carbons (Fsp3) is 0.765. The van der Waals surface area contributed by atoms with Crippen molar-refractivity contribution in [3.8, 4) is 0 Å². The predicted molar refractivity (Wildman–Crippen MR) is 88.6 cm³/mol. The Kier molecular flexibility index (Phi) is 4.02. The van der Waals surface area contributed by atoms with Crippen LogP contribution in [0.15, 0.2) is 4.42 Å². The van der Waals surface area contributed by atoms with Gasteiger partial charge in [-0.25, -0.2) is 4.79 Å². The number of carbonyl (C=O) groups is 2. The minimum Gasteiger partial charge on any atom is -0.424 e. The van der Waals surface area contributed by atoms with Crippen LogP contribution < -0.4 is 5.32 Å². The number of imide groups is 1. The van der Waals surface area contributed by atoms with Crippen LogP contribution in [0.5, 0.6) is 0 Å². The summed E-state index contributed by atoms with van der Waals surface area (Å²) >= 11 is 0. The molecule has 4 rings (SSSR count). The van der Waals surface area contributed by atoms with Crippen LogP contribution in [0, 0.1) is 5.92 Å². The van der Waals surface area contributed by atoms with Gasteiger partial charge in [-0.2, -0.15) is 0 Å². The van der Waals surface area contributed by atoms with Crippen molar-refractivity contribution in [2.45, 2.75) is 57.0 Å². The highest BCUT2D eigenvalue weighted by molar-refractivity contribution is 6.06. The molecular formula is C17H25N5O3. The van der Waals surface area contributed by atoms with Crippen LogP contribution in [0.25, 0.3) is 0 Å². The quantitative estimate of drug-likeness (QED) is 0.830. The fourth-order valence-corrected chi connectivity index (χ4v) is 4.09. The highest BCUT2D eigenvalue weighted by Crippen LogP contribution is 2.36. The molecule has 3 heterocycles. The second-order valence-corrected chi connectivity index (χ2v) is 7.73. The lowest BCUT2D eigenvalue weighted by molar-refractivity contribution is -0.132. The van der Waals surface area contributed by atoms with Gasteiger partial charge in [0, 0.05) is 25.4 Å². The first-order chi connectivity index (χ1) is 12.0. The largest absolute Gasteiger partial charge is 0.424 e. The molecule has 8 nitrogen and oxygen atoms in total. The molecule has 25 heavy (non-hydrogen) atoms. The molecule has 0 aromatic carbocycles. The zero-order valence-corrected chi connectivity index (χ0v) is 14.8. The van der Waals surface area contributed by atoms with Crippen molar-refractivity contribution in [3.05, 3.63) is 11.8 Å². The molecule has 0 spiro atoms. The van der Waals surface area contributed by atoms with Gasteiger partial charge < -0.3 is 9.73 Å². The van der Waals surface area contributed by atoms with Gasteiger partial charge in [0.2, 0.25) is 11.8 Å². The Morgan fingerprint density at radius 3 is 2.68 bits per heavy atom. The fourth-order valence-electron chi connectivity index (χ4n) is 4.09. The van der Waals surface area contributed by atoms with Crippen molar-refractivity contribution >= 4 is 11.9 Å². The second kappa shape index (κ2) is 6.09. The Morgan fingerprint density at radius 2 is 2.04 bits per heavy atom. The number of rotatable bonds is 4. The molecule has 0 radical (unpaired) electrons. The molecule has 136 valence electrons. The Balaban J connectivity index is 1.42. The zero-order chi connectivity index (χ0) is 17.6. The van der Waals surface area contributed by atoms with Crippen molar-refractivity contribution in [1.29, 1.82) is 0 Å². The highest BCUT2D eigenvalue weighted by Gasteiger charge is 2.51. The van der Waals surface area contributed by atoms with Crippen LogP contribution >= 0.6 is 0 Å². The van der Waals surface area contributed by atoms with E-state index in [1.807, 2.05) is 6.92 Å². The second-order valence-electron chi connectivity index (χ2n) is 7.73. The maximum absolute atomic E-state index is 12.5. The minimum atomic E-state index is -0.823. The number of urea groups is 1.